The van der Waals surface area contributed by atoms with Gasteiger partial charge in [-0.05, 0) is 53.6 Å². The Morgan fingerprint density at radius 3 is 2.47 bits per heavy atom. The van der Waals surface area contributed by atoms with Gasteiger partial charge in [-0.2, -0.15) is 4.98 Å². The third-order valence-electron chi connectivity index (χ3n) is 4.82. The number of benzene rings is 3. The first-order valence-electron chi connectivity index (χ1n) is 9.94. The van der Waals surface area contributed by atoms with E-state index in [0.29, 0.717) is 30.1 Å². The second-order valence-corrected chi connectivity index (χ2v) is 7.03. The van der Waals surface area contributed by atoms with E-state index in [4.69, 9.17) is 14.0 Å². The first-order chi connectivity index (χ1) is 15.5. The Hall–Kier alpha value is -4.07. The number of methoxy groups -OCH3 is 1. The van der Waals surface area contributed by atoms with E-state index >= 15 is 0 Å². The predicted molar refractivity (Wildman–Crippen MR) is 114 cm³/mol. The van der Waals surface area contributed by atoms with E-state index in [1.165, 1.54) is 19.2 Å². The third-order valence-corrected chi connectivity index (χ3v) is 4.82. The van der Waals surface area contributed by atoms with E-state index in [1.807, 2.05) is 24.3 Å². The normalized spacial score (nSPS) is 10.8. The third kappa shape index (κ3) is 4.80. The molecule has 4 aromatic rings. The lowest BCUT2D eigenvalue weighted by atomic mass is 10.1. The molecule has 0 radical (unpaired) electrons. The molecule has 8 heteroatoms. The van der Waals surface area contributed by atoms with E-state index in [2.05, 4.69) is 10.1 Å². The molecule has 0 fully saturated rings. The van der Waals surface area contributed by atoms with Crippen LogP contribution in [0, 0.1) is 5.82 Å². The van der Waals surface area contributed by atoms with Gasteiger partial charge in [0.05, 0.1) is 7.11 Å². The minimum Gasteiger partial charge on any atom is -0.465 e. The van der Waals surface area contributed by atoms with Crippen LogP contribution in [-0.4, -0.2) is 29.2 Å². The number of nitrogens with zero attached hydrogens (tertiary/aromatic N) is 2. The van der Waals surface area contributed by atoms with Crippen LogP contribution in [0.4, 0.5) is 4.39 Å². The summed E-state index contributed by atoms with van der Waals surface area (Å²) in [6.07, 6.45) is 0.859. The molecule has 0 aliphatic carbocycles. The summed E-state index contributed by atoms with van der Waals surface area (Å²) < 4.78 is 28.5. The standard InChI is InChI=1S/C24H19FN2O5/c1-30-24(29)19-13-16-5-2-3-6-17(16)14-20(19)31-22(28)8-4-7-21-26-23(27-32-21)15-9-11-18(25)12-10-15/h2-3,5-6,9-14H,4,7-8H2,1H3. The van der Waals surface area contributed by atoms with Crippen LogP contribution >= 0.6 is 0 Å². The fraction of sp³-hybridized carbons (Fsp3) is 0.167. The minimum absolute atomic E-state index is 0.0850. The smallest absolute Gasteiger partial charge is 0.341 e. The summed E-state index contributed by atoms with van der Waals surface area (Å²) in [7, 11) is 1.27. The van der Waals surface area contributed by atoms with Crippen molar-refractivity contribution in [3.8, 4) is 17.1 Å². The number of ether oxygens (including phenoxy) is 2. The maximum Gasteiger partial charge on any atom is 0.341 e. The molecule has 0 aliphatic heterocycles. The van der Waals surface area contributed by atoms with Gasteiger partial charge >= 0.3 is 11.9 Å². The van der Waals surface area contributed by atoms with E-state index < -0.39 is 11.9 Å². The number of halogens is 1. The highest BCUT2D eigenvalue weighted by molar-refractivity contribution is 5.99. The number of hydrogen-bond acceptors (Lipinski definition) is 7. The molecular formula is C24H19FN2O5. The molecule has 1 aromatic heterocycles. The Kier molecular flexibility index (Phi) is 6.21. The monoisotopic (exact) mass is 434 g/mol. The second kappa shape index (κ2) is 9.38. The molecule has 4 rings (SSSR count). The molecule has 0 aliphatic rings. The van der Waals surface area contributed by atoms with Gasteiger partial charge in [0.2, 0.25) is 11.7 Å². The van der Waals surface area contributed by atoms with Crippen LogP contribution in [0.1, 0.15) is 29.1 Å². The lowest BCUT2D eigenvalue weighted by Gasteiger charge is -2.10. The lowest BCUT2D eigenvalue weighted by molar-refractivity contribution is -0.134. The minimum atomic E-state index is -0.585. The molecule has 0 saturated carbocycles. The average Bonchev–Trinajstić information content (AvgIpc) is 3.27. The molecule has 0 spiro atoms. The van der Waals surface area contributed by atoms with E-state index in [-0.39, 0.29) is 23.6 Å². The van der Waals surface area contributed by atoms with Crippen molar-refractivity contribution in [1.29, 1.82) is 0 Å². The summed E-state index contributed by atoms with van der Waals surface area (Å²) in [6.45, 7) is 0. The molecular weight excluding hydrogens is 415 g/mol. The topological polar surface area (TPSA) is 91.5 Å². The molecule has 0 saturated heterocycles. The first kappa shape index (κ1) is 21.2. The van der Waals surface area contributed by atoms with Crippen molar-refractivity contribution in [2.75, 3.05) is 7.11 Å². The Bertz CT molecular complexity index is 1270. The van der Waals surface area contributed by atoms with Crippen molar-refractivity contribution in [1.82, 2.24) is 10.1 Å². The Balaban J connectivity index is 1.39. The summed E-state index contributed by atoms with van der Waals surface area (Å²) in [4.78, 5) is 28.8. The summed E-state index contributed by atoms with van der Waals surface area (Å²) in [5.74, 6) is -0.573. The Morgan fingerprint density at radius 1 is 1.03 bits per heavy atom. The van der Waals surface area contributed by atoms with Gasteiger partial charge in [-0.25, -0.2) is 9.18 Å². The largest absolute Gasteiger partial charge is 0.465 e. The van der Waals surface area contributed by atoms with Gasteiger partial charge in [0.15, 0.2) is 0 Å². The number of aromatic nitrogens is 2. The van der Waals surface area contributed by atoms with Crippen LogP contribution in [0.5, 0.6) is 5.75 Å². The maximum atomic E-state index is 13.0. The van der Waals surface area contributed by atoms with Gasteiger partial charge in [-0.3, -0.25) is 4.79 Å². The molecule has 0 bridgehead atoms. The van der Waals surface area contributed by atoms with Gasteiger partial charge in [0, 0.05) is 18.4 Å². The second-order valence-electron chi connectivity index (χ2n) is 7.03. The van der Waals surface area contributed by atoms with Crippen molar-refractivity contribution in [2.24, 2.45) is 0 Å². The Morgan fingerprint density at radius 2 is 1.75 bits per heavy atom. The zero-order chi connectivity index (χ0) is 22.5. The number of carbonyl (C=O) groups excluding carboxylic acids is 2. The summed E-state index contributed by atoms with van der Waals surface area (Å²) in [6, 6.07) is 16.5. The number of fused-ring (bicyclic) bond motifs is 1. The van der Waals surface area contributed by atoms with Crippen molar-refractivity contribution in [2.45, 2.75) is 19.3 Å². The summed E-state index contributed by atoms with van der Waals surface area (Å²) >= 11 is 0. The van der Waals surface area contributed by atoms with Gasteiger partial charge in [-0.1, -0.05) is 29.4 Å². The van der Waals surface area contributed by atoms with Gasteiger partial charge in [0.25, 0.3) is 0 Å². The highest BCUT2D eigenvalue weighted by Crippen LogP contribution is 2.27. The highest BCUT2D eigenvalue weighted by Gasteiger charge is 2.18. The van der Waals surface area contributed by atoms with Crippen molar-refractivity contribution >= 4 is 22.7 Å². The summed E-state index contributed by atoms with van der Waals surface area (Å²) in [5, 5.41) is 5.54. The van der Waals surface area contributed by atoms with E-state index in [9.17, 15) is 14.0 Å². The predicted octanol–water partition coefficient (Wildman–Crippen LogP) is 4.74. The van der Waals surface area contributed by atoms with Gasteiger partial charge in [0.1, 0.15) is 17.1 Å². The molecule has 162 valence electrons. The quantitative estimate of drug-likeness (QED) is 0.306. The van der Waals surface area contributed by atoms with Crippen LogP contribution in [0.15, 0.2) is 65.2 Å². The van der Waals surface area contributed by atoms with Crippen molar-refractivity contribution in [3.05, 3.63) is 77.9 Å². The molecule has 32 heavy (non-hydrogen) atoms. The maximum absolute atomic E-state index is 13.0. The van der Waals surface area contributed by atoms with Crippen LogP contribution in [0.2, 0.25) is 0 Å². The van der Waals surface area contributed by atoms with Crippen LogP contribution in [-0.2, 0) is 16.0 Å². The lowest BCUT2D eigenvalue weighted by Crippen LogP contribution is -2.12. The molecule has 1 heterocycles. The molecule has 0 amide bonds. The molecule has 3 aromatic carbocycles. The van der Waals surface area contributed by atoms with Crippen LogP contribution < -0.4 is 4.74 Å². The van der Waals surface area contributed by atoms with Gasteiger partial charge < -0.3 is 14.0 Å². The molecule has 0 N–H and O–H groups in total. The Labute approximate surface area is 182 Å². The average molecular weight is 434 g/mol. The number of rotatable bonds is 7. The van der Waals surface area contributed by atoms with Crippen LogP contribution in [0.3, 0.4) is 0 Å². The molecule has 0 unspecified atom stereocenters. The van der Waals surface area contributed by atoms with E-state index in [0.717, 1.165) is 10.8 Å². The van der Waals surface area contributed by atoms with Crippen LogP contribution in [0.25, 0.3) is 22.2 Å². The van der Waals surface area contributed by atoms with Crippen molar-refractivity contribution < 1.29 is 28.0 Å². The fourth-order valence-corrected chi connectivity index (χ4v) is 3.20. The number of esters is 2. The SMILES string of the molecule is COC(=O)c1cc2ccccc2cc1OC(=O)CCCc1nc(-c2ccc(F)cc2)no1. The summed E-state index contributed by atoms with van der Waals surface area (Å²) in [5.41, 5.74) is 0.813. The zero-order valence-electron chi connectivity index (χ0n) is 17.2. The number of aryl methyl sites for hydroxylation is 1. The number of hydrogen-bond donors (Lipinski definition) is 0. The number of carbonyl (C=O) groups is 2. The van der Waals surface area contributed by atoms with E-state index in [1.54, 1.807) is 24.3 Å². The first-order valence-corrected chi connectivity index (χ1v) is 9.94. The van der Waals surface area contributed by atoms with Gasteiger partial charge in [-0.15, -0.1) is 0 Å². The molecule has 7 nitrogen and oxygen atoms in total. The molecule has 0 atom stereocenters. The highest BCUT2D eigenvalue weighted by atomic mass is 19.1. The van der Waals surface area contributed by atoms with Crippen molar-refractivity contribution in [3.63, 3.8) is 0 Å². The fourth-order valence-electron chi connectivity index (χ4n) is 3.20. The zero-order valence-corrected chi connectivity index (χ0v) is 17.2.